The maximum absolute atomic E-state index is 13.2. The summed E-state index contributed by atoms with van der Waals surface area (Å²) in [4.78, 5) is 29.7. The van der Waals surface area contributed by atoms with Gasteiger partial charge in [0.05, 0.1) is 5.69 Å². The molecule has 168 valence electrons. The molecule has 1 aliphatic rings. The first-order valence-electron chi connectivity index (χ1n) is 10.6. The number of hydrogen-bond acceptors (Lipinski definition) is 4. The fraction of sp³-hybridized carbons (Fsp3) is 0.208. The Morgan fingerprint density at radius 1 is 0.970 bits per heavy atom. The average molecular weight is 466 g/mol. The number of fused-ring (bicyclic) bond motifs is 1. The van der Waals surface area contributed by atoms with Gasteiger partial charge in [-0.1, -0.05) is 23.7 Å². The van der Waals surface area contributed by atoms with Crippen LogP contribution in [-0.4, -0.2) is 51.2 Å². The summed E-state index contributed by atoms with van der Waals surface area (Å²) < 4.78 is 16.1. The van der Waals surface area contributed by atoms with Crippen molar-refractivity contribution in [1.29, 1.82) is 0 Å². The standard InChI is InChI=1S/C24H21ClFN5O2/c25-18-3-1-17(2-4-18)21-15-22-24(33)30(13-14-31(22)27-21)16-23(32)29-11-9-28(10-12-29)20-7-5-19(26)6-8-20/h1-8,13-15H,9-12,16H2. The summed E-state index contributed by atoms with van der Waals surface area (Å²) in [6, 6.07) is 15.3. The molecule has 1 saturated heterocycles. The van der Waals surface area contributed by atoms with E-state index in [1.807, 2.05) is 12.1 Å². The van der Waals surface area contributed by atoms with Crippen LogP contribution in [0.2, 0.25) is 5.02 Å². The minimum atomic E-state index is -0.275. The summed E-state index contributed by atoms with van der Waals surface area (Å²) in [5.41, 5.74) is 2.57. The predicted octanol–water partition coefficient (Wildman–Crippen LogP) is 3.30. The lowest BCUT2D eigenvalue weighted by Crippen LogP contribution is -2.50. The van der Waals surface area contributed by atoms with Crippen LogP contribution in [-0.2, 0) is 11.3 Å². The van der Waals surface area contributed by atoms with Gasteiger partial charge in [0.2, 0.25) is 5.91 Å². The molecule has 4 aromatic rings. The molecule has 0 spiro atoms. The number of rotatable bonds is 4. The molecule has 0 N–H and O–H groups in total. The van der Waals surface area contributed by atoms with E-state index in [4.69, 9.17) is 11.6 Å². The van der Waals surface area contributed by atoms with Crippen molar-refractivity contribution >= 4 is 28.7 Å². The molecule has 1 fully saturated rings. The summed E-state index contributed by atoms with van der Waals surface area (Å²) in [6.45, 7) is 2.35. The second kappa shape index (κ2) is 8.71. The van der Waals surface area contributed by atoms with Gasteiger partial charge in [-0.15, -0.1) is 0 Å². The maximum Gasteiger partial charge on any atom is 0.277 e. The molecule has 2 aromatic carbocycles. The molecule has 0 atom stereocenters. The third kappa shape index (κ3) is 4.34. The summed E-state index contributed by atoms with van der Waals surface area (Å²) in [7, 11) is 0. The quantitative estimate of drug-likeness (QED) is 0.464. The van der Waals surface area contributed by atoms with Gasteiger partial charge in [0.1, 0.15) is 17.9 Å². The number of amides is 1. The van der Waals surface area contributed by atoms with Crippen LogP contribution in [0.15, 0.2) is 71.8 Å². The van der Waals surface area contributed by atoms with Gasteiger partial charge in [-0.25, -0.2) is 8.91 Å². The van der Waals surface area contributed by atoms with Crippen molar-refractivity contribution in [2.75, 3.05) is 31.1 Å². The molecule has 9 heteroatoms. The van der Waals surface area contributed by atoms with Gasteiger partial charge in [0, 0.05) is 54.8 Å². The van der Waals surface area contributed by atoms with Crippen LogP contribution < -0.4 is 10.5 Å². The number of anilines is 1. The van der Waals surface area contributed by atoms with Gasteiger partial charge in [0.15, 0.2) is 0 Å². The van der Waals surface area contributed by atoms with Crippen molar-refractivity contribution in [3.63, 3.8) is 0 Å². The Balaban J connectivity index is 1.28. The van der Waals surface area contributed by atoms with Gasteiger partial charge >= 0.3 is 0 Å². The Kier molecular flexibility index (Phi) is 5.60. The van der Waals surface area contributed by atoms with E-state index in [9.17, 15) is 14.0 Å². The maximum atomic E-state index is 13.2. The number of halogens is 2. The van der Waals surface area contributed by atoms with E-state index in [1.54, 1.807) is 47.6 Å². The molecule has 5 rings (SSSR count). The van der Waals surface area contributed by atoms with Crippen molar-refractivity contribution in [1.82, 2.24) is 19.1 Å². The molecule has 0 aliphatic carbocycles. The van der Waals surface area contributed by atoms with E-state index in [-0.39, 0.29) is 23.8 Å². The number of carbonyl (C=O) groups excluding carboxylic acids is 1. The highest BCUT2D eigenvalue weighted by atomic mass is 35.5. The van der Waals surface area contributed by atoms with Gasteiger partial charge in [-0.05, 0) is 42.5 Å². The second-order valence-corrected chi connectivity index (χ2v) is 8.38. The first kappa shape index (κ1) is 21.2. The molecule has 0 radical (unpaired) electrons. The number of piperazine rings is 1. The summed E-state index contributed by atoms with van der Waals surface area (Å²) >= 11 is 5.95. The Labute approximate surface area is 194 Å². The number of aromatic nitrogens is 3. The monoisotopic (exact) mass is 465 g/mol. The van der Waals surface area contributed by atoms with Crippen molar-refractivity contribution in [3.05, 3.63) is 88.2 Å². The molecule has 1 amide bonds. The predicted molar refractivity (Wildman–Crippen MR) is 125 cm³/mol. The third-order valence-corrected chi connectivity index (χ3v) is 6.13. The van der Waals surface area contributed by atoms with Crippen LogP contribution >= 0.6 is 11.6 Å². The molecule has 2 aromatic heterocycles. The highest BCUT2D eigenvalue weighted by molar-refractivity contribution is 6.30. The zero-order chi connectivity index (χ0) is 22.9. The minimum Gasteiger partial charge on any atom is -0.368 e. The molecular weight excluding hydrogens is 445 g/mol. The van der Waals surface area contributed by atoms with E-state index in [2.05, 4.69) is 10.00 Å². The summed E-state index contributed by atoms with van der Waals surface area (Å²) in [6.07, 6.45) is 3.26. The van der Waals surface area contributed by atoms with E-state index < -0.39 is 0 Å². The van der Waals surface area contributed by atoms with Gasteiger partial charge in [-0.3, -0.25) is 9.59 Å². The Morgan fingerprint density at radius 2 is 1.67 bits per heavy atom. The lowest BCUT2D eigenvalue weighted by molar-refractivity contribution is -0.132. The minimum absolute atomic E-state index is 0.0344. The first-order chi connectivity index (χ1) is 16.0. The van der Waals surface area contributed by atoms with Crippen molar-refractivity contribution in [3.8, 4) is 11.3 Å². The normalized spacial score (nSPS) is 14.1. The van der Waals surface area contributed by atoms with Crippen LogP contribution in [0.5, 0.6) is 0 Å². The topological polar surface area (TPSA) is 62.9 Å². The number of benzene rings is 2. The highest BCUT2D eigenvalue weighted by Crippen LogP contribution is 2.21. The fourth-order valence-electron chi connectivity index (χ4n) is 4.02. The molecule has 0 unspecified atom stereocenters. The molecule has 0 bridgehead atoms. The van der Waals surface area contributed by atoms with Crippen LogP contribution in [0, 0.1) is 5.82 Å². The van der Waals surface area contributed by atoms with Crippen LogP contribution in [0.1, 0.15) is 0 Å². The number of nitrogens with zero attached hydrogens (tertiary/aromatic N) is 5. The van der Waals surface area contributed by atoms with E-state index in [1.165, 1.54) is 21.2 Å². The average Bonchev–Trinajstić information content (AvgIpc) is 3.27. The molecular formula is C24H21ClFN5O2. The van der Waals surface area contributed by atoms with Crippen molar-refractivity contribution in [2.45, 2.75) is 6.54 Å². The smallest absolute Gasteiger partial charge is 0.277 e. The SMILES string of the molecule is O=C(Cn1ccn2nc(-c3ccc(Cl)cc3)cc2c1=O)N1CCN(c2ccc(F)cc2)CC1. The number of carbonyl (C=O) groups is 1. The lowest BCUT2D eigenvalue weighted by Gasteiger charge is -2.36. The fourth-order valence-corrected chi connectivity index (χ4v) is 4.15. The molecule has 33 heavy (non-hydrogen) atoms. The zero-order valence-electron chi connectivity index (χ0n) is 17.7. The Morgan fingerprint density at radius 3 is 2.36 bits per heavy atom. The van der Waals surface area contributed by atoms with Crippen molar-refractivity contribution < 1.29 is 9.18 Å². The molecule has 1 aliphatic heterocycles. The van der Waals surface area contributed by atoms with E-state index in [0.717, 1.165) is 11.3 Å². The van der Waals surface area contributed by atoms with E-state index in [0.29, 0.717) is 42.4 Å². The Bertz CT molecular complexity index is 1360. The lowest BCUT2D eigenvalue weighted by atomic mass is 10.1. The van der Waals surface area contributed by atoms with Crippen LogP contribution in [0.25, 0.3) is 16.8 Å². The zero-order valence-corrected chi connectivity index (χ0v) is 18.5. The van der Waals surface area contributed by atoms with E-state index >= 15 is 0 Å². The second-order valence-electron chi connectivity index (χ2n) is 7.94. The third-order valence-electron chi connectivity index (χ3n) is 5.87. The van der Waals surface area contributed by atoms with Crippen LogP contribution in [0.3, 0.4) is 0 Å². The van der Waals surface area contributed by atoms with Gasteiger partial charge in [0.25, 0.3) is 5.56 Å². The number of hydrogen-bond donors (Lipinski definition) is 0. The molecule has 7 nitrogen and oxygen atoms in total. The highest BCUT2D eigenvalue weighted by Gasteiger charge is 2.22. The molecule has 0 saturated carbocycles. The summed E-state index contributed by atoms with van der Waals surface area (Å²) in [5.74, 6) is -0.383. The van der Waals surface area contributed by atoms with Crippen molar-refractivity contribution in [2.24, 2.45) is 0 Å². The first-order valence-corrected chi connectivity index (χ1v) is 11.0. The summed E-state index contributed by atoms with van der Waals surface area (Å²) in [5, 5.41) is 5.09. The molecule has 3 heterocycles. The van der Waals surface area contributed by atoms with Gasteiger partial charge in [-0.2, -0.15) is 5.10 Å². The largest absolute Gasteiger partial charge is 0.368 e. The van der Waals surface area contributed by atoms with Gasteiger partial charge < -0.3 is 14.4 Å². The van der Waals surface area contributed by atoms with Crippen LogP contribution in [0.4, 0.5) is 10.1 Å². The Hall–Kier alpha value is -3.65.